The van der Waals surface area contributed by atoms with Crippen LogP contribution in [0.1, 0.15) is 55.7 Å². The summed E-state index contributed by atoms with van der Waals surface area (Å²) in [7, 11) is 0. The van der Waals surface area contributed by atoms with Crippen molar-refractivity contribution < 1.29 is 4.79 Å². The molecule has 3 heterocycles. The highest BCUT2D eigenvalue weighted by Crippen LogP contribution is 2.38. The Balaban J connectivity index is 1.68. The molecular formula is C29H33N5O. The van der Waals surface area contributed by atoms with Gasteiger partial charge >= 0.3 is 6.03 Å². The van der Waals surface area contributed by atoms with E-state index >= 15 is 0 Å². The third kappa shape index (κ3) is 4.36. The highest BCUT2D eigenvalue weighted by molar-refractivity contribution is 5.76. The second kappa shape index (κ2) is 9.82. The minimum atomic E-state index is -0.216. The molecule has 0 radical (unpaired) electrons. The smallest absolute Gasteiger partial charge is 0.318 e. The molecule has 35 heavy (non-hydrogen) atoms. The average Bonchev–Trinajstić information content (AvgIpc) is 3.46. The Kier molecular flexibility index (Phi) is 6.45. The van der Waals surface area contributed by atoms with Gasteiger partial charge in [0.15, 0.2) is 0 Å². The third-order valence-electron chi connectivity index (χ3n) is 6.68. The molecule has 6 heteroatoms. The van der Waals surface area contributed by atoms with Crippen molar-refractivity contribution in [3.8, 4) is 11.5 Å². The number of rotatable bonds is 6. The lowest BCUT2D eigenvalue weighted by Gasteiger charge is -2.31. The maximum absolute atomic E-state index is 13.7. The number of fused-ring (bicyclic) bond motifs is 3. The van der Waals surface area contributed by atoms with Crippen molar-refractivity contribution in [1.29, 1.82) is 0 Å². The molecule has 0 saturated heterocycles. The molecule has 2 amide bonds. The van der Waals surface area contributed by atoms with Crippen LogP contribution < -0.4 is 5.32 Å². The van der Waals surface area contributed by atoms with Gasteiger partial charge in [-0.15, -0.1) is 0 Å². The largest absolute Gasteiger partial charge is 0.338 e. The maximum atomic E-state index is 13.7. The van der Waals surface area contributed by atoms with E-state index in [4.69, 9.17) is 5.10 Å². The van der Waals surface area contributed by atoms with Crippen LogP contribution in [-0.2, 0) is 13.0 Å². The van der Waals surface area contributed by atoms with Crippen LogP contribution in [0.15, 0.2) is 79.0 Å². The Morgan fingerprint density at radius 2 is 1.74 bits per heavy atom. The number of amides is 2. The zero-order valence-corrected chi connectivity index (χ0v) is 20.7. The van der Waals surface area contributed by atoms with Gasteiger partial charge in [-0.05, 0) is 48.6 Å². The minimum Gasteiger partial charge on any atom is -0.338 e. The number of carbonyl (C=O) groups excluding carboxylic acids is 1. The van der Waals surface area contributed by atoms with E-state index in [2.05, 4.69) is 73.3 Å². The van der Waals surface area contributed by atoms with E-state index in [0.29, 0.717) is 19.0 Å². The van der Waals surface area contributed by atoms with Gasteiger partial charge < -0.3 is 14.8 Å². The number of para-hydroxylation sites is 1. The predicted octanol–water partition coefficient (Wildman–Crippen LogP) is 5.89. The molecule has 6 nitrogen and oxygen atoms in total. The van der Waals surface area contributed by atoms with Gasteiger partial charge in [-0.3, -0.25) is 0 Å². The van der Waals surface area contributed by atoms with Gasteiger partial charge in [0, 0.05) is 18.3 Å². The molecule has 2 aromatic carbocycles. The molecule has 1 atom stereocenters. The van der Waals surface area contributed by atoms with E-state index < -0.39 is 0 Å². The zero-order valence-electron chi connectivity index (χ0n) is 20.7. The summed E-state index contributed by atoms with van der Waals surface area (Å²) in [5.74, 6) is 1.54. The van der Waals surface area contributed by atoms with Crippen LogP contribution in [-0.4, -0.2) is 31.8 Å². The number of nitrogens with one attached hydrogen (secondary N) is 1. The van der Waals surface area contributed by atoms with Crippen LogP contribution in [0, 0.1) is 5.92 Å². The fourth-order valence-electron chi connectivity index (χ4n) is 4.90. The SMILES string of the molecule is CCc1nn(-c2ccccc2)c2c1CN(C(=O)NCCC(C)C)[C@@H](c1ccccc1)c1cccn1-2. The summed E-state index contributed by atoms with van der Waals surface area (Å²) < 4.78 is 4.24. The molecule has 4 aromatic rings. The molecule has 0 aliphatic carbocycles. The fourth-order valence-corrected chi connectivity index (χ4v) is 4.90. The Morgan fingerprint density at radius 3 is 2.43 bits per heavy atom. The van der Waals surface area contributed by atoms with Gasteiger partial charge in [-0.2, -0.15) is 5.10 Å². The number of hydrogen-bond acceptors (Lipinski definition) is 2. The molecular weight excluding hydrogens is 434 g/mol. The summed E-state index contributed by atoms with van der Waals surface area (Å²) in [6.07, 6.45) is 3.83. The lowest BCUT2D eigenvalue weighted by molar-refractivity contribution is 0.180. The van der Waals surface area contributed by atoms with Crippen LogP contribution in [0.3, 0.4) is 0 Å². The third-order valence-corrected chi connectivity index (χ3v) is 6.68. The second-order valence-electron chi connectivity index (χ2n) is 9.51. The Hall–Kier alpha value is -3.80. The highest BCUT2D eigenvalue weighted by atomic mass is 16.2. The van der Waals surface area contributed by atoms with Crippen LogP contribution in [0.2, 0.25) is 0 Å². The standard InChI is InChI=1S/C29H33N5O/c1-4-25-24-20-33(29(35)30-18-17-21(2)3)27(22-12-7-5-8-13-22)26-16-11-19-32(26)28(24)34(31-25)23-14-9-6-10-15-23/h5-16,19,21,27H,4,17-18,20H2,1-3H3,(H,30,35)/t27-/m0/s1. The lowest BCUT2D eigenvalue weighted by atomic mass is 10.0. The van der Waals surface area contributed by atoms with E-state index in [0.717, 1.165) is 46.9 Å². The average molecular weight is 468 g/mol. The lowest BCUT2D eigenvalue weighted by Crippen LogP contribution is -2.42. The van der Waals surface area contributed by atoms with E-state index in [-0.39, 0.29) is 12.1 Å². The van der Waals surface area contributed by atoms with Crippen molar-refractivity contribution in [1.82, 2.24) is 24.6 Å². The van der Waals surface area contributed by atoms with E-state index in [1.807, 2.05) is 46.0 Å². The highest BCUT2D eigenvalue weighted by Gasteiger charge is 2.36. The van der Waals surface area contributed by atoms with Crippen LogP contribution >= 0.6 is 0 Å². The minimum absolute atomic E-state index is 0.0467. The Bertz CT molecular complexity index is 1290. The van der Waals surface area contributed by atoms with E-state index in [9.17, 15) is 4.79 Å². The number of aromatic nitrogens is 3. The molecule has 0 saturated carbocycles. The summed E-state index contributed by atoms with van der Waals surface area (Å²) in [6, 6.07) is 24.5. The normalized spacial score (nSPS) is 15.0. The number of nitrogens with zero attached hydrogens (tertiary/aromatic N) is 4. The summed E-state index contributed by atoms with van der Waals surface area (Å²) in [5, 5.41) is 8.21. The van der Waals surface area contributed by atoms with Crippen LogP contribution in [0.25, 0.3) is 11.5 Å². The molecule has 2 aromatic heterocycles. The number of carbonyl (C=O) groups is 1. The summed E-state index contributed by atoms with van der Waals surface area (Å²) in [6.45, 7) is 7.62. The van der Waals surface area contributed by atoms with Crippen molar-refractivity contribution in [3.05, 3.63) is 102 Å². The molecule has 0 unspecified atom stereocenters. The molecule has 0 bridgehead atoms. The van der Waals surface area contributed by atoms with Crippen molar-refractivity contribution in [2.24, 2.45) is 5.92 Å². The van der Waals surface area contributed by atoms with Gasteiger partial charge in [0.1, 0.15) is 5.82 Å². The molecule has 180 valence electrons. The topological polar surface area (TPSA) is 55.1 Å². The summed E-state index contributed by atoms with van der Waals surface area (Å²) >= 11 is 0. The van der Waals surface area contributed by atoms with E-state index in [1.54, 1.807) is 0 Å². The van der Waals surface area contributed by atoms with Crippen molar-refractivity contribution in [3.63, 3.8) is 0 Å². The van der Waals surface area contributed by atoms with Gasteiger partial charge in [-0.25, -0.2) is 9.48 Å². The van der Waals surface area contributed by atoms with Crippen LogP contribution in [0.4, 0.5) is 4.79 Å². The molecule has 1 N–H and O–H groups in total. The molecule has 1 aliphatic heterocycles. The summed E-state index contributed by atoms with van der Waals surface area (Å²) in [5.41, 5.74) is 5.25. The van der Waals surface area contributed by atoms with Crippen LogP contribution in [0.5, 0.6) is 0 Å². The van der Waals surface area contributed by atoms with Crippen molar-refractivity contribution in [2.75, 3.05) is 6.54 Å². The Labute approximate surface area is 207 Å². The number of hydrogen-bond donors (Lipinski definition) is 1. The molecule has 1 aliphatic rings. The molecule has 0 spiro atoms. The first-order valence-corrected chi connectivity index (χ1v) is 12.5. The number of benzene rings is 2. The van der Waals surface area contributed by atoms with Gasteiger partial charge in [-0.1, -0.05) is 69.3 Å². The van der Waals surface area contributed by atoms with E-state index in [1.165, 1.54) is 0 Å². The van der Waals surface area contributed by atoms with Gasteiger partial charge in [0.2, 0.25) is 0 Å². The fraction of sp³-hybridized carbons (Fsp3) is 0.310. The maximum Gasteiger partial charge on any atom is 0.318 e. The van der Waals surface area contributed by atoms with Gasteiger partial charge in [0.25, 0.3) is 0 Å². The van der Waals surface area contributed by atoms with Gasteiger partial charge in [0.05, 0.1) is 29.7 Å². The van der Waals surface area contributed by atoms with Crippen molar-refractivity contribution in [2.45, 2.75) is 46.2 Å². The number of urea groups is 1. The molecule has 5 rings (SSSR count). The quantitative estimate of drug-likeness (QED) is 0.385. The first kappa shape index (κ1) is 23.0. The first-order chi connectivity index (χ1) is 17.1. The Morgan fingerprint density at radius 1 is 1.03 bits per heavy atom. The monoisotopic (exact) mass is 467 g/mol. The zero-order chi connectivity index (χ0) is 24.4. The first-order valence-electron chi connectivity index (χ1n) is 12.5. The second-order valence-corrected chi connectivity index (χ2v) is 9.51. The van der Waals surface area contributed by atoms with Crippen molar-refractivity contribution >= 4 is 6.03 Å². The molecule has 0 fully saturated rings. The predicted molar refractivity (Wildman–Crippen MR) is 139 cm³/mol. The number of aryl methyl sites for hydroxylation is 1. The summed E-state index contributed by atoms with van der Waals surface area (Å²) in [4.78, 5) is 15.7.